The molecule has 2 N–H and O–H groups in total. The molecule has 0 unspecified atom stereocenters. The molecule has 0 aromatic carbocycles. The minimum Gasteiger partial charge on any atom is -0.269 e. The summed E-state index contributed by atoms with van der Waals surface area (Å²) in [5.41, 5.74) is 0. The van der Waals surface area contributed by atoms with Crippen LogP contribution in [0, 0.1) is 0 Å². The third-order valence-corrected chi connectivity index (χ3v) is 6.10. The number of unbranched alkanes of at least 4 members (excludes halogenated alkanes) is 20. The van der Waals surface area contributed by atoms with Crippen LogP contribution in [-0.2, 0) is 0 Å². The van der Waals surface area contributed by atoms with Crippen molar-refractivity contribution in [3.63, 3.8) is 0 Å². The zero-order valence-electron chi connectivity index (χ0n) is 20.0. The molecule has 0 bridgehead atoms. The van der Waals surface area contributed by atoms with Crippen molar-refractivity contribution in [2.24, 2.45) is 5.84 Å². The van der Waals surface area contributed by atoms with E-state index >= 15 is 0 Å². The molecule has 0 spiro atoms. The molecule has 2 nitrogen and oxygen atoms in total. The van der Waals surface area contributed by atoms with E-state index in [9.17, 15) is 0 Å². The summed E-state index contributed by atoms with van der Waals surface area (Å²) in [4.78, 5) is 0. The van der Waals surface area contributed by atoms with E-state index in [1.165, 1.54) is 141 Å². The number of rotatable bonds is 24. The van der Waals surface area contributed by atoms with E-state index in [0.717, 1.165) is 13.1 Å². The molecule has 0 aliphatic rings. The van der Waals surface area contributed by atoms with Gasteiger partial charge >= 0.3 is 0 Å². The molecular weight excluding hydrogens is 340 g/mol. The smallest absolute Gasteiger partial charge is 0.0128 e. The van der Waals surface area contributed by atoms with Crippen molar-refractivity contribution < 1.29 is 0 Å². The predicted molar refractivity (Wildman–Crippen MR) is 129 cm³/mol. The molecular formula is C26H56N2. The van der Waals surface area contributed by atoms with Gasteiger partial charge in [-0.2, -0.15) is 0 Å². The van der Waals surface area contributed by atoms with Gasteiger partial charge in [-0.1, -0.05) is 142 Å². The highest BCUT2D eigenvalue weighted by Gasteiger charge is 1.98. The quantitative estimate of drug-likeness (QED) is 0.100. The summed E-state index contributed by atoms with van der Waals surface area (Å²) in [6.45, 7) is 6.67. The number of hydrogen-bond donors (Lipinski definition) is 1. The number of nitrogens with two attached hydrogens (primary N) is 1. The van der Waals surface area contributed by atoms with E-state index in [0.29, 0.717) is 0 Å². The van der Waals surface area contributed by atoms with Gasteiger partial charge in [0.2, 0.25) is 0 Å². The Morgan fingerprint density at radius 3 is 0.929 bits per heavy atom. The molecule has 0 fully saturated rings. The molecule has 0 rings (SSSR count). The summed E-state index contributed by atoms with van der Waals surface area (Å²) in [7, 11) is 0. The normalized spacial score (nSPS) is 11.6. The fourth-order valence-corrected chi connectivity index (χ4v) is 4.04. The largest absolute Gasteiger partial charge is 0.269 e. The van der Waals surface area contributed by atoms with Crippen molar-refractivity contribution in [1.29, 1.82) is 0 Å². The SMILES string of the molecule is CCCCCCCCCCCCCCCCCCCCCCN(N)CCCC. The van der Waals surface area contributed by atoms with Crippen LogP contribution in [0.25, 0.3) is 0 Å². The first kappa shape index (κ1) is 27.9. The molecule has 0 aromatic heterocycles. The molecule has 0 aromatic rings. The Bertz CT molecular complexity index is 267. The van der Waals surface area contributed by atoms with Gasteiger partial charge in [0.15, 0.2) is 0 Å². The van der Waals surface area contributed by atoms with Gasteiger partial charge in [0.1, 0.15) is 0 Å². The van der Waals surface area contributed by atoms with Crippen molar-refractivity contribution in [3.05, 3.63) is 0 Å². The van der Waals surface area contributed by atoms with Gasteiger partial charge in [-0.05, 0) is 12.8 Å². The van der Waals surface area contributed by atoms with Gasteiger partial charge in [0, 0.05) is 13.1 Å². The fraction of sp³-hybridized carbons (Fsp3) is 1.00. The van der Waals surface area contributed by atoms with Crippen LogP contribution in [0.5, 0.6) is 0 Å². The molecule has 0 amide bonds. The Hall–Kier alpha value is -0.0800. The molecule has 0 saturated heterocycles. The highest BCUT2D eigenvalue weighted by molar-refractivity contribution is 4.53. The summed E-state index contributed by atoms with van der Waals surface area (Å²) in [5, 5.41) is 2.01. The van der Waals surface area contributed by atoms with Crippen molar-refractivity contribution in [1.82, 2.24) is 5.01 Å². The van der Waals surface area contributed by atoms with Crippen LogP contribution in [0.2, 0.25) is 0 Å². The second-order valence-electron chi connectivity index (χ2n) is 9.11. The van der Waals surface area contributed by atoms with Crippen LogP contribution in [0.15, 0.2) is 0 Å². The maximum absolute atomic E-state index is 5.97. The van der Waals surface area contributed by atoms with Crippen LogP contribution in [0.3, 0.4) is 0 Å². The summed E-state index contributed by atoms with van der Waals surface area (Å²) in [5.74, 6) is 5.97. The summed E-state index contributed by atoms with van der Waals surface area (Å²) < 4.78 is 0. The third kappa shape index (κ3) is 24.0. The highest BCUT2D eigenvalue weighted by Crippen LogP contribution is 2.14. The van der Waals surface area contributed by atoms with E-state index < -0.39 is 0 Å². The lowest BCUT2D eigenvalue weighted by molar-refractivity contribution is 0.271. The third-order valence-electron chi connectivity index (χ3n) is 6.10. The molecule has 0 heterocycles. The molecule has 0 radical (unpaired) electrons. The predicted octanol–water partition coefficient (Wildman–Crippen LogP) is 8.78. The molecule has 0 aliphatic carbocycles. The molecule has 0 saturated carbocycles. The fourth-order valence-electron chi connectivity index (χ4n) is 4.04. The Kier molecular flexibility index (Phi) is 24.9. The number of nitrogens with zero attached hydrogens (tertiary/aromatic N) is 1. The second-order valence-corrected chi connectivity index (χ2v) is 9.11. The van der Waals surface area contributed by atoms with Crippen LogP contribution in [0.1, 0.15) is 155 Å². The van der Waals surface area contributed by atoms with Crippen molar-refractivity contribution in [2.45, 2.75) is 155 Å². The average Bonchev–Trinajstić information content (AvgIpc) is 2.70. The van der Waals surface area contributed by atoms with Gasteiger partial charge in [0.05, 0.1) is 0 Å². The number of hydrazine groups is 1. The summed E-state index contributed by atoms with van der Waals surface area (Å²) in [6.07, 6.45) is 31.3. The first-order valence-electron chi connectivity index (χ1n) is 13.3. The minimum atomic E-state index is 1.07. The Morgan fingerprint density at radius 2 is 0.607 bits per heavy atom. The van der Waals surface area contributed by atoms with E-state index in [-0.39, 0.29) is 0 Å². The minimum absolute atomic E-state index is 1.07. The van der Waals surface area contributed by atoms with Crippen LogP contribution < -0.4 is 5.84 Å². The summed E-state index contributed by atoms with van der Waals surface area (Å²) >= 11 is 0. The standard InChI is InChI=1S/C26H56N2/c1-3-5-7-8-9-10-11-12-13-14-15-16-17-18-19-20-21-22-23-24-26-28(27)25-6-4-2/h3-27H2,1-2H3. The van der Waals surface area contributed by atoms with Gasteiger partial charge in [-0.3, -0.25) is 5.84 Å². The number of hydrogen-bond acceptors (Lipinski definition) is 2. The van der Waals surface area contributed by atoms with Gasteiger partial charge in [-0.25, -0.2) is 5.01 Å². The zero-order chi connectivity index (χ0) is 20.5. The van der Waals surface area contributed by atoms with E-state index in [1.807, 2.05) is 5.01 Å². The van der Waals surface area contributed by atoms with E-state index in [1.54, 1.807) is 0 Å². The molecule has 0 aliphatic heterocycles. The van der Waals surface area contributed by atoms with Gasteiger partial charge < -0.3 is 0 Å². The highest BCUT2D eigenvalue weighted by atomic mass is 15.4. The average molecular weight is 397 g/mol. The Morgan fingerprint density at radius 1 is 0.357 bits per heavy atom. The second kappa shape index (κ2) is 25.0. The lowest BCUT2D eigenvalue weighted by Crippen LogP contribution is -2.32. The summed E-state index contributed by atoms with van der Waals surface area (Å²) in [6, 6.07) is 0. The van der Waals surface area contributed by atoms with E-state index in [4.69, 9.17) is 5.84 Å². The topological polar surface area (TPSA) is 29.3 Å². The lowest BCUT2D eigenvalue weighted by Gasteiger charge is -2.15. The maximum atomic E-state index is 5.97. The molecule has 170 valence electrons. The van der Waals surface area contributed by atoms with Crippen molar-refractivity contribution >= 4 is 0 Å². The van der Waals surface area contributed by atoms with Crippen molar-refractivity contribution in [2.75, 3.05) is 13.1 Å². The Labute approximate surface area is 179 Å². The molecule has 28 heavy (non-hydrogen) atoms. The van der Waals surface area contributed by atoms with Crippen LogP contribution in [0.4, 0.5) is 0 Å². The maximum Gasteiger partial charge on any atom is 0.0128 e. The zero-order valence-corrected chi connectivity index (χ0v) is 20.0. The van der Waals surface area contributed by atoms with Gasteiger partial charge in [0.25, 0.3) is 0 Å². The molecule has 2 heteroatoms. The van der Waals surface area contributed by atoms with Crippen LogP contribution in [-0.4, -0.2) is 18.1 Å². The van der Waals surface area contributed by atoms with Crippen molar-refractivity contribution in [3.8, 4) is 0 Å². The molecule has 0 atom stereocenters. The lowest BCUT2D eigenvalue weighted by atomic mass is 10.0. The van der Waals surface area contributed by atoms with Crippen LogP contribution >= 0.6 is 0 Å². The van der Waals surface area contributed by atoms with Gasteiger partial charge in [-0.15, -0.1) is 0 Å². The monoisotopic (exact) mass is 396 g/mol. The van der Waals surface area contributed by atoms with E-state index in [2.05, 4.69) is 13.8 Å². The Balaban J connectivity index is 3.03. The first-order valence-corrected chi connectivity index (χ1v) is 13.3. The first-order chi connectivity index (χ1) is 13.8.